The highest BCUT2D eigenvalue weighted by atomic mass is 32.2. The van der Waals surface area contributed by atoms with Crippen LogP contribution in [0.4, 0.5) is 5.69 Å². The van der Waals surface area contributed by atoms with Crippen LogP contribution in [0.5, 0.6) is 0 Å². The van der Waals surface area contributed by atoms with Crippen molar-refractivity contribution in [2.75, 3.05) is 17.2 Å². The molecule has 3 aromatic rings. The van der Waals surface area contributed by atoms with Crippen LogP contribution in [0, 0.1) is 0 Å². The first-order valence-electron chi connectivity index (χ1n) is 8.47. The number of nitrogens with zero attached hydrogens (tertiary/aromatic N) is 1. The molecule has 3 aromatic carbocycles. The zero-order chi connectivity index (χ0) is 17.9. The summed E-state index contributed by atoms with van der Waals surface area (Å²) in [7, 11) is 0. The molecule has 4 rings (SSSR count). The number of hydrogen-bond donors (Lipinski definition) is 1. The molecule has 5 heteroatoms. The van der Waals surface area contributed by atoms with E-state index in [-0.39, 0.29) is 18.4 Å². The molecule has 1 aliphatic heterocycles. The van der Waals surface area contributed by atoms with E-state index in [1.54, 1.807) is 4.90 Å². The molecule has 1 N–H and O–H groups in total. The second-order valence-electron chi connectivity index (χ2n) is 6.19. The highest BCUT2D eigenvalue weighted by Crippen LogP contribution is 2.34. The Kier molecular flexibility index (Phi) is 4.63. The van der Waals surface area contributed by atoms with E-state index in [1.165, 1.54) is 17.1 Å². The average Bonchev–Trinajstić information content (AvgIpc) is 2.68. The van der Waals surface area contributed by atoms with Crippen molar-refractivity contribution in [1.29, 1.82) is 0 Å². The zero-order valence-corrected chi connectivity index (χ0v) is 15.0. The molecule has 0 aromatic heterocycles. The molecule has 0 aliphatic carbocycles. The molecule has 1 aliphatic rings. The van der Waals surface area contributed by atoms with E-state index in [0.717, 1.165) is 21.5 Å². The van der Waals surface area contributed by atoms with Crippen LogP contribution in [-0.4, -0.2) is 24.1 Å². The lowest BCUT2D eigenvalue weighted by molar-refractivity contribution is -0.123. The number of para-hydroxylation sites is 1. The van der Waals surface area contributed by atoms with Gasteiger partial charge in [-0.25, -0.2) is 0 Å². The molecule has 0 spiro atoms. The second kappa shape index (κ2) is 7.22. The molecule has 0 unspecified atom stereocenters. The maximum Gasteiger partial charge on any atom is 0.240 e. The smallest absolute Gasteiger partial charge is 0.240 e. The summed E-state index contributed by atoms with van der Waals surface area (Å²) >= 11 is 1.52. The number of benzene rings is 3. The van der Waals surface area contributed by atoms with Gasteiger partial charge in [-0.05, 0) is 34.5 Å². The van der Waals surface area contributed by atoms with Gasteiger partial charge < -0.3 is 10.2 Å². The minimum atomic E-state index is -0.159. The van der Waals surface area contributed by atoms with E-state index in [9.17, 15) is 9.59 Å². The molecule has 26 heavy (non-hydrogen) atoms. The first-order chi connectivity index (χ1) is 12.7. The summed E-state index contributed by atoms with van der Waals surface area (Å²) in [6, 6.07) is 22.0. The minimum absolute atomic E-state index is 0.0328. The summed E-state index contributed by atoms with van der Waals surface area (Å²) in [6.07, 6.45) is 0. The normalized spacial score (nSPS) is 13.5. The van der Waals surface area contributed by atoms with Crippen molar-refractivity contribution in [3.8, 4) is 0 Å². The van der Waals surface area contributed by atoms with E-state index in [0.29, 0.717) is 12.3 Å². The summed E-state index contributed by atoms with van der Waals surface area (Å²) < 4.78 is 0. The van der Waals surface area contributed by atoms with Crippen molar-refractivity contribution < 1.29 is 9.59 Å². The topological polar surface area (TPSA) is 49.4 Å². The molecular formula is C21H18N2O2S. The maximum absolute atomic E-state index is 12.4. The number of hydrogen-bond acceptors (Lipinski definition) is 3. The number of amides is 2. The van der Waals surface area contributed by atoms with E-state index < -0.39 is 0 Å². The lowest BCUT2D eigenvalue weighted by atomic mass is 10.1. The number of rotatable bonds is 4. The fourth-order valence-electron chi connectivity index (χ4n) is 3.08. The summed E-state index contributed by atoms with van der Waals surface area (Å²) in [5.41, 5.74) is 1.85. The fraction of sp³-hybridized carbons (Fsp3) is 0.143. The van der Waals surface area contributed by atoms with Gasteiger partial charge in [0.1, 0.15) is 6.54 Å². The van der Waals surface area contributed by atoms with Gasteiger partial charge in [0.15, 0.2) is 0 Å². The van der Waals surface area contributed by atoms with E-state index >= 15 is 0 Å². The number of fused-ring (bicyclic) bond motifs is 2. The van der Waals surface area contributed by atoms with Gasteiger partial charge in [0.25, 0.3) is 0 Å². The van der Waals surface area contributed by atoms with Gasteiger partial charge in [0.2, 0.25) is 11.8 Å². The quantitative estimate of drug-likeness (QED) is 0.772. The van der Waals surface area contributed by atoms with Crippen LogP contribution >= 0.6 is 11.8 Å². The van der Waals surface area contributed by atoms with Gasteiger partial charge in [-0.15, -0.1) is 11.8 Å². The van der Waals surface area contributed by atoms with Crippen molar-refractivity contribution in [3.63, 3.8) is 0 Å². The Hall–Kier alpha value is -2.79. The number of anilines is 1. The Morgan fingerprint density at radius 2 is 1.77 bits per heavy atom. The summed E-state index contributed by atoms with van der Waals surface area (Å²) in [6.45, 7) is 0.492. The summed E-state index contributed by atoms with van der Waals surface area (Å²) in [5, 5.41) is 5.25. The Morgan fingerprint density at radius 1 is 1.00 bits per heavy atom. The van der Waals surface area contributed by atoms with Gasteiger partial charge >= 0.3 is 0 Å². The third-order valence-electron chi connectivity index (χ3n) is 4.41. The molecule has 0 fully saturated rings. The van der Waals surface area contributed by atoms with Gasteiger partial charge in [-0.2, -0.15) is 0 Å². The predicted octanol–water partition coefficient (Wildman–Crippen LogP) is 3.59. The van der Waals surface area contributed by atoms with E-state index in [2.05, 4.69) is 29.6 Å². The van der Waals surface area contributed by atoms with Crippen LogP contribution in [0.3, 0.4) is 0 Å². The minimum Gasteiger partial charge on any atom is -0.350 e. The average molecular weight is 362 g/mol. The molecule has 0 bridgehead atoms. The van der Waals surface area contributed by atoms with Crippen LogP contribution in [0.15, 0.2) is 71.6 Å². The van der Waals surface area contributed by atoms with E-state index in [4.69, 9.17) is 0 Å². The van der Waals surface area contributed by atoms with Crippen molar-refractivity contribution in [1.82, 2.24) is 5.32 Å². The van der Waals surface area contributed by atoms with Crippen LogP contribution in [0.2, 0.25) is 0 Å². The predicted molar refractivity (Wildman–Crippen MR) is 105 cm³/mol. The lowest BCUT2D eigenvalue weighted by Gasteiger charge is -2.28. The summed E-state index contributed by atoms with van der Waals surface area (Å²) in [5.74, 6) is 0.178. The van der Waals surface area contributed by atoms with Crippen LogP contribution in [-0.2, 0) is 16.1 Å². The zero-order valence-electron chi connectivity index (χ0n) is 14.1. The van der Waals surface area contributed by atoms with Gasteiger partial charge in [-0.3, -0.25) is 9.59 Å². The number of carbonyl (C=O) groups is 2. The standard InChI is InChI=1S/C21H18N2O2S/c24-20(13-23-18-7-3-4-8-19(18)26-14-21(23)25)22-12-15-9-10-16-5-1-2-6-17(16)11-15/h1-11H,12-14H2,(H,22,24). The van der Waals surface area contributed by atoms with Gasteiger partial charge in [0, 0.05) is 11.4 Å². The number of carbonyl (C=O) groups excluding carboxylic acids is 2. The molecular weight excluding hydrogens is 344 g/mol. The Labute approximate surface area is 156 Å². The van der Waals surface area contributed by atoms with Crippen molar-refractivity contribution in [3.05, 3.63) is 72.3 Å². The molecule has 0 saturated heterocycles. The molecule has 130 valence electrons. The monoisotopic (exact) mass is 362 g/mol. The number of thioether (sulfide) groups is 1. The summed E-state index contributed by atoms with van der Waals surface area (Å²) in [4.78, 5) is 27.2. The number of nitrogens with one attached hydrogen (secondary N) is 1. The van der Waals surface area contributed by atoms with Crippen LogP contribution in [0.25, 0.3) is 10.8 Å². The Balaban J connectivity index is 1.43. The molecule has 4 nitrogen and oxygen atoms in total. The molecule has 0 atom stereocenters. The second-order valence-corrected chi connectivity index (χ2v) is 7.21. The van der Waals surface area contributed by atoms with Crippen molar-refractivity contribution in [2.24, 2.45) is 0 Å². The van der Waals surface area contributed by atoms with Crippen molar-refractivity contribution in [2.45, 2.75) is 11.4 Å². The van der Waals surface area contributed by atoms with E-state index in [1.807, 2.05) is 42.5 Å². The van der Waals surface area contributed by atoms with Gasteiger partial charge in [0.05, 0.1) is 11.4 Å². The fourth-order valence-corrected chi connectivity index (χ4v) is 4.01. The Bertz CT molecular complexity index is 986. The largest absolute Gasteiger partial charge is 0.350 e. The third-order valence-corrected chi connectivity index (χ3v) is 5.46. The van der Waals surface area contributed by atoms with Crippen LogP contribution in [0.1, 0.15) is 5.56 Å². The van der Waals surface area contributed by atoms with Crippen molar-refractivity contribution >= 4 is 40.0 Å². The highest BCUT2D eigenvalue weighted by Gasteiger charge is 2.25. The molecule has 1 heterocycles. The first kappa shape index (κ1) is 16.7. The lowest BCUT2D eigenvalue weighted by Crippen LogP contribution is -2.43. The van der Waals surface area contributed by atoms with Gasteiger partial charge in [-0.1, -0.05) is 48.5 Å². The SMILES string of the molecule is O=C(CN1C(=O)CSc2ccccc21)NCc1ccc2ccccc2c1. The Morgan fingerprint density at radius 3 is 2.65 bits per heavy atom. The maximum atomic E-state index is 12.4. The third kappa shape index (κ3) is 3.44. The first-order valence-corrected chi connectivity index (χ1v) is 9.46. The molecule has 2 amide bonds. The molecule has 0 saturated carbocycles. The highest BCUT2D eigenvalue weighted by molar-refractivity contribution is 8.00. The van der Waals surface area contributed by atoms with Crippen LogP contribution < -0.4 is 10.2 Å². The molecule has 0 radical (unpaired) electrons.